The molecule has 13 heavy (non-hydrogen) atoms. The van der Waals surface area contributed by atoms with Gasteiger partial charge in [-0.15, -0.1) is 0 Å². The first-order valence-electron chi connectivity index (χ1n) is 4.89. The molecular formula is C11H16O2. The summed E-state index contributed by atoms with van der Waals surface area (Å²) < 4.78 is 0. The average Bonchev–Trinajstić information content (AvgIpc) is 2.51. The molecule has 0 saturated heterocycles. The summed E-state index contributed by atoms with van der Waals surface area (Å²) in [7, 11) is 0. The normalized spacial score (nSPS) is 46.8. The largest absolute Gasteiger partial charge is 0.303 e. The minimum Gasteiger partial charge on any atom is -0.303 e. The van der Waals surface area contributed by atoms with E-state index in [1.807, 2.05) is 0 Å². The standard InChI is InChI=1S/C11H16O2/c1-10(2)4-8(13)9-7(5-12)11(9,3)6-10/h5,7,9H,4,6H2,1-3H3/t7-,9-,11-/m1/s1. The molecule has 0 amide bonds. The zero-order valence-electron chi connectivity index (χ0n) is 8.46. The Morgan fingerprint density at radius 1 is 1.38 bits per heavy atom. The molecule has 0 bridgehead atoms. The molecule has 0 aromatic heterocycles. The Morgan fingerprint density at radius 2 is 2.00 bits per heavy atom. The first-order valence-corrected chi connectivity index (χ1v) is 4.89. The van der Waals surface area contributed by atoms with Crippen LogP contribution in [0.2, 0.25) is 0 Å². The Morgan fingerprint density at radius 3 is 2.54 bits per heavy atom. The highest BCUT2D eigenvalue weighted by atomic mass is 16.1. The second kappa shape index (κ2) is 2.23. The van der Waals surface area contributed by atoms with E-state index < -0.39 is 0 Å². The Balaban J connectivity index is 2.27. The number of hydrogen-bond acceptors (Lipinski definition) is 2. The first-order chi connectivity index (χ1) is 5.91. The SMILES string of the molecule is CC1(C)CC(=O)[C@H]2[C@@H](C=O)[C@@]2(C)C1. The third-order valence-electron chi connectivity index (χ3n) is 3.73. The van der Waals surface area contributed by atoms with Crippen molar-refractivity contribution in [1.82, 2.24) is 0 Å². The maximum atomic E-state index is 11.7. The number of carbonyl (C=O) groups is 2. The molecule has 2 fully saturated rings. The maximum absolute atomic E-state index is 11.7. The van der Waals surface area contributed by atoms with E-state index >= 15 is 0 Å². The van der Waals surface area contributed by atoms with Crippen LogP contribution in [0.4, 0.5) is 0 Å². The summed E-state index contributed by atoms with van der Waals surface area (Å²) in [5.74, 6) is 0.371. The molecular weight excluding hydrogens is 164 g/mol. The number of carbonyl (C=O) groups excluding carboxylic acids is 2. The van der Waals surface area contributed by atoms with Crippen molar-refractivity contribution < 1.29 is 9.59 Å². The van der Waals surface area contributed by atoms with Crippen LogP contribution in [0.1, 0.15) is 33.6 Å². The fourth-order valence-corrected chi connectivity index (χ4v) is 3.31. The van der Waals surface area contributed by atoms with E-state index in [9.17, 15) is 9.59 Å². The second-order valence-corrected chi connectivity index (χ2v) is 5.63. The van der Waals surface area contributed by atoms with Crippen LogP contribution in [0.25, 0.3) is 0 Å². The molecule has 0 N–H and O–H groups in total. The minimum absolute atomic E-state index is 0.000579. The zero-order chi connectivity index (χ0) is 9.85. The van der Waals surface area contributed by atoms with E-state index in [4.69, 9.17) is 0 Å². The van der Waals surface area contributed by atoms with Gasteiger partial charge in [-0.2, -0.15) is 0 Å². The van der Waals surface area contributed by atoms with Gasteiger partial charge in [-0.25, -0.2) is 0 Å². The third kappa shape index (κ3) is 1.07. The van der Waals surface area contributed by atoms with Crippen LogP contribution < -0.4 is 0 Å². The van der Waals surface area contributed by atoms with Crippen molar-refractivity contribution in [2.45, 2.75) is 33.6 Å². The van der Waals surface area contributed by atoms with E-state index in [0.717, 1.165) is 12.7 Å². The van der Waals surface area contributed by atoms with Crippen molar-refractivity contribution in [1.29, 1.82) is 0 Å². The van der Waals surface area contributed by atoms with Crippen LogP contribution in [0.5, 0.6) is 0 Å². The lowest BCUT2D eigenvalue weighted by molar-refractivity contribution is -0.125. The Labute approximate surface area is 78.7 Å². The minimum atomic E-state index is 0.000579. The van der Waals surface area contributed by atoms with Crippen molar-refractivity contribution in [3.8, 4) is 0 Å². The molecule has 0 aromatic rings. The van der Waals surface area contributed by atoms with Gasteiger partial charge in [0.15, 0.2) is 0 Å². The fraction of sp³-hybridized carbons (Fsp3) is 0.818. The molecule has 3 atom stereocenters. The smallest absolute Gasteiger partial charge is 0.137 e. The molecule has 2 nitrogen and oxygen atoms in total. The van der Waals surface area contributed by atoms with Gasteiger partial charge in [0.25, 0.3) is 0 Å². The topological polar surface area (TPSA) is 34.1 Å². The van der Waals surface area contributed by atoms with Crippen LogP contribution >= 0.6 is 0 Å². The maximum Gasteiger partial charge on any atom is 0.137 e. The monoisotopic (exact) mass is 180 g/mol. The number of ketones is 1. The number of rotatable bonds is 1. The summed E-state index contributed by atoms with van der Waals surface area (Å²) >= 11 is 0. The van der Waals surface area contributed by atoms with E-state index in [-0.39, 0.29) is 22.7 Å². The summed E-state index contributed by atoms with van der Waals surface area (Å²) in [6.45, 7) is 6.31. The molecule has 2 aliphatic carbocycles. The van der Waals surface area contributed by atoms with Gasteiger partial charge in [0, 0.05) is 18.3 Å². The number of aldehydes is 1. The third-order valence-corrected chi connectivity index (χ3v) is 3.73. The number of Topliss-reactive ketones (excluding diaryl/α,β-unsaturated/α-hetero) is 1. The Kier molecular flexibility index (Phi) is 1.53. The highest BCUT2D eigenvalue weighted by Gasteiger charge is 2.68. The molecule has 0 unspecified atom stereocenters. The van der Waals surface area contributed by atoms with Crippen LogP contribution in [0.15, 0.2) is 0 Å². The fourth-order valence-electron chi connectivity index (χ4n) is 3.31. The first kappa shape index (κ1) is 8.92. The molecule has 2 aliphatic rings. The van der Waals surface area contributed by atoms with Crippen LogP contribution in [-0.4, -0.2) is 12.1 Å². The predicted octanol–water partition coefficient (Wildman–Crippen LogP) is 1.83. The predicted molar refractivity (Wildman–Crippen MR) is 49.2 cm³/mol. The van der Waals surface area contributed by atoms with Gasteiger partial charge in [-0.05, 0) is 17.3 Å². The summed E-state index contributed by atoms with van der Waals surface area (Å²) in [6, 6.07) is 0. The van der Waals surface area contributed by atoms with Crippen molar-refractivity contribution in [3.63, 3.8) is 0 Å². The quantitative estimate of drug-likeness (QED) is 0.577. The lowest BCUT2D eigenvalue weighted by Crippen LogP contribution is -2.28. The van der Waals surface area contributed by atoms with Crippen molar-refractivity contribution >= 4 is 12.1 Å². The van der Waals surface area contributed by atoms with Gasteiger partial charge in [-0.3, -0.25) is 4.79 Å². The van der Waals surface area contributed by atoms with Crippen LogP contribution in [0, 0.1) is 22.7 Å². The van der Waals surface area contributed by atoms with Crippen molar-refractivity contribution in [2.75, 3.05) is 0 Å². The summed E-state index contributed by atoms with van der Waals surface area (Å²) in [4.78, 5) is 22.4. The van der Waals surface area contributed by atoms with Gasteiger partial charge in [0.1, 0.15) is 12.1 Å². The molecule has 2 heteroatoms. The summed E-state index contributed by atoms with van der Waals surface area (Å²) in [5.41, 5.74) is 0.0979. The molecule has 72 valence electrons. The lowest BCUT2D eigenvalue weighted by Gasteiger charge is -2.32. The molecule has 2 saturated carbocycles. The summed E-state index contributed by atoms with van der Waals surface area (Å²) in [5, 5.41) is 0. The van der Waals surface area contributed by atoms with Crippen molar-refractivity contribution in [3.05, 3.63) is 0 Å². The van der Waals surface area contributed by atoms with Gasteiger partial charge in [0.05, 0.1) is 0 Å². The molecule has 0 radical (unpaired) electrons. The van der Waals surface area contributed by atoms with Gasteiger partial charge in [0.2, 0.25) is 0 Å². The van der Waals surface area contributed by atoms with E-state index in [1.54, 1.807) is 0 Å². The lowest BCUT2D eigenvalue weighted by atomic mass is 9.72. The van der Waals surface area contributed by atoms with E-state index in [0.29, 0.717) is 12.2 Å². The molecule has 0 aromatic carbocycles. The van der Waals surface area contributed by atoms with E-state index in [2.05, 4.69) is 20.8 Å². The van der Waals surface area contributed by atoms with Crippen LogP contribution in [0.3, 0.4) is 0 Å². The number of fused-ring (bicyclic) bond motifs is 1. The van der Waals surface area contributed by atoms with Gasteiger partial charge in [-0.1, -0.05) is 20.8 Å². The van der Waals surface area contributed by atoms with Gasteiger partial charge >= 0.3 is 0 Å². The zero-order valence-corrected chi connectivity index (χ0v) is 8.46. The Hall–Kier alpha value is -0.660. The molecule has 2 rings (SSSR count). The van der Waals surface area contributed by atoms with Gasteiger partial charge < -0.3 is 4.79 Å². The van der Waals surface area contributed by atoms with Crippen LogP contribution in [-0.2, 0) is 9.59 Å². The summed E-state index contributed by atoms with van der Waals surface area (Å²) in [6.07, 6.45) is 2.64. The highest BCUT2D eigenvalue weighted by molar-refractivity contribution is 5.91. The number of hydrogen-bond donors (Lipinski definition) is 0. The van der Waals surface area contributed by atoms with E-state index in [1.165, 1.54) is 0 Å². The molecule has 0 spiro atoms. The van der Waals surface area contributed by atoms with Crippen molar-refractivity contribution in [2.24, 2.45) is 22.7 Å². The molecule has 0 aliphatic heterocycles. The second-order valence-electron chi connectivity index (χ2n) is 5.63. The highest BCUT2D eigenvalue weighted by Crippen LogP contribution is 2.67. The molecule has 0 heterocycles. The Bertz CT molecular complexity index is 280. The average molecular weight is 180 g/mol.